The maximum absolute atomic E-state index is 13.3. The van der Waals surface area contributed by atoms with Gasteiger partial charge in [0, 0.05) is 0 Å². The van der Waals surface area contributed by atoms with E-state index in [1.165, 1.54) is 16.2 Å². The van der Waals surface area contributed by atoms with Crippen LogP contribution in [0.3, 0.4) is 0 Å². The summed E-state index contributed by atoms with van der Waals surface area (Å²) in [6, 6.07) is 21.9. The first-order chi connectivity index (χ1) is 14.8. The van der Waals surface area contributed by atoms with Crippen LogP contribution in [0.2, 0.25) is 0 Å². The highest BCUT2D eigenvalue weighted by atomic mass is 32.2. The van der Waals surface area contributed by atoms with Crippen LogP contribution in [0, 0.1) is 13.8 Å². The zero-order valence-corrected chi connectivity index (χ0v) is 18.9. The van der Waals surface area contributed by atoms with Crippen LogP contribution in [0.5, 0.6) is 0 Å². The Bertz CT molecular complexity index is 1330. The molecule has 158 valence electrons. The summed E-state index contributed by atoms with van der Waals surface area (Å²) in [6.45, 7) is 4.11. The molecule has 0 spiro atoms. The van der Waals surface area contributed by atoms with Crippen molar-refractivity contribution < 1.29 is 13.2 Å². The molecule has 0 bridgehead atoms. The second-order valence-electron chi connectivity index (χ2n) is 7.46. The van der Waals surface area contributed by atoms with Gasteiger partial charge in [-0.1, -0.05) is 71.5 Å². The van der Waals surface area contributed by atoms with E-state index in [0.29, 0.717) is 5.13 Å². The number of benzene rings is 3. The van der Waals surface area contributed by atoms with E-state index in [4.69, 9.17) is 0 Å². The molecular formula is C24H22N2O3S2. The number of hydrogen-bond acceptors (Lipinski definition) is 5. The zero-order valence-electron chi connectivity index (χ0n) is 17.3. The van der Waals surface area contributed by atoms with Crippen LogP contribution in [0.4, 0.5) is 5.13 Å². The van der Waals surface area contributed by atoms with Crippen molar-refractivity contribution in [2.24, 2.45) is 0 Å². The highest BCUT2D eigenvalue weighted by Gasteiger charge is 2.27. The summed E-state index contributed by atoms with van der Waals surface area (Å²) in [5.41, 5.74) is 3.70. The van der Waals surface area contributed by atoms with Gasteiger partial charge in [0.05, 0.1) is 21.7 Å². The predicted molar refractivity (Wildman–Crippen MR) is 125 cm³/mol. The van der Waals surface area contributed by atoms with Gasteiger partial charge in [-0.15, -0.1) is 0 Å². The Balaban J connectivity index is 1.70. The molecule has 0 fully saturated rings. The maximum atomic E-state index is 13.3. The van der Waals surface area contributed by atoms with Crippen LogP contribution in [0.25, 0.3) is 10.2 Å². The lowest BCUT2D eigenvalue weighted by Gasteiger charge is -2.20. The number of sulfone groups is 1. The van der Waals surface area contributed by atoms with Crippen molar-refractivity contribution in [1.29, 1.82) is 0 Å². The molecule has 1 heterocycles. The van der Waals surface area contributed by atoms with Gasteiger partial charge in [-0.3, -0.25) is 9.69 Å². The van der Waals surface area contributed by atoms with Crippen LogP contribution in [0.1, 0.15) is 16.7 Å². The average molecular weight is 451 g/mol. The number of aryl methyl sites for hydroxylation is 2. The van der Waals surface area contributed by atoms with Crippen LogP contribution in [-0.4, -0.2) is 25.1 Å². The standard InChI is InChI=1S/C24H22N2O3S2/c1-17-11-13-20(14-12-17)31(28,29)16-22(27)26(15-19-8-4-3-5-9-19)24-25-23-18(2)7-6-10-21(23)30-24/h3-14H,15-16H2,1-2H3. The molecule has 4 rings (SSSR count). The van der Waals surface area contributed by atoms with Crippen molar-refractivity contribution in [3.63, 3.8) is 0 Å². The second kappa shape index (κ2) is 8.61. The molecule has 0 aliphatic carbocycles. The summed E-state index contributed by atoms with van der Waals surface area (Å²) >= 11 is 1.39. The van der Waals surface area contributed by atoms with Crippen molar-refractivity contribution in [3.05, 3.63) is 89.5 Å². The van der Waals surface area contributed by atoms with Gasteiger partial charge in [-0.25, -0.2) is 13.4 Å². The van der Waals surface area contributed by atoms with Gasteiger partial charge < -0.3 is 0 Å². The average Bonchev–Trinajstić information content (AvgIpc) is 3.18. The topological polar surface area (TPSA) is 67.3 Å². The van der Waals surface area contributed by atoms with Gasteiger partial charge >= 0.3 is 0 Å². The molecule has 7 heteroatoms. The molecule has 31 heavy (non-hydrogen) atoms. The highest BCUT2D eigenvalue weighted by molar-refractivity contribution is 7.92. The summed E-state index contributed by atoms with van der Waals surface area (Å²) in [4.78, 5) is 19.6. The number of anilines is 1. The molecule has 0 N–H and O–H groups in total. The lowest BCUT2D eigenvalue weighted by atomic mass is 10.2. The first-order valence-electron chi connectivity index (χ1n) is 9.83. The van der Waals surface area contributed by atoms with Crippen molar-refractivity contribution in [2.45, 2.75) is 25.3 Å². The Kier molecular flexibility index (Phi) is 5.89. The van der Waals surface area contributed by atoms with Crippen LogP contribution < -0.4 is 4.90 Å². The van der Waals surface area contributed by atoms with Gasteiger partial charge in [-0.05, 0) is 43.2 Å². The number of carbonyl (C=O) groups is 1. The first kappa shape index (κ1) is 21.2. The fourth-order valence-electron chi connectivity index (χ4n) is 3.29. The number of carbonyl (C=O) groups excluding carboxylic acids is 1. The molecule has 0 saturated carbocycles. The Morgan fingerprint density at radius 2 is 1.65 bits per heavy atom. The summed E-state index contributed by atoms with van der Waals surface area (Å²) in [5, 5.41) is 0.497. The van der Waals surface area contributed by atoms with E-state index >= 15 is 0 Å². The first-order valence-corrected chi connectivity index (χ1v) is 12.3. The Morgan fingerprint density at radius 1 is 0.935 bits per heavy atom. The van der Waals surface area contributed by atoms with E-state index in [1.807, 2.05) is 62.4 Å². The lowest BCUT2D eigenvalue weighted by molar-refractivity contribution is -0.116. The highest BCUT2D eigenvalue weighted by Crippen LogP contribution is 2.32. The molecule has 1 aromatic heterocycles. The van der Waals surface area contributed by atoms with Crippen LogP contribution in [-0.2, 0) is 21.2 Å². The quantitative estimate of drug-likeness (QED) is 0.418. The number of nitrogens with zero attached hydrogens (tertiary/aromatic N) is 2. The number of rotatable bonds is 6. The van der Waals surface area contributed by atoms with Gasteiger partial charge in [0.1, 0.15) is 5.75 Å². The fraction of sp³-hybridized carbons (Fsp3) is 0.167. The van der Waals surface area contributed by atoms with E-state index in [9.17, 15) is 13.2 Å². The zero-order chi connectivity index (χ0) is 22.0. The second-order valence-corrected chi connectivity index (χ2v) is 10.5. The molecule has 0 aliphatic rings. The van der Waals surface area contributed by atoms with Gasteiger partial charge in [-0.2, -0.15) is 0 Å². The monoisotopic (exact) mass is 450 g/mol. The maximum Gasteiger partial charge on any atom is 0.244 e. The largest absolute Gasteiger partial charge is 0.283 e. The molecule has 1 amide bonds. The predicted octanol–water partition coefficient (Wildman–Crippen LogP) is 4.92. The number of aromatic nitrogens is 1. The van der Waals surface area contributed by atoms with E-state index in [2.05, 4.69) is 4.98 Å². The third kappa shape index (κ3) is 4.68. The molecule has 0 unspecified atom stereocenters. The van der Waals surface area contributed by atoms with Crippen molar-refractivity contribution in [2.75, 3.05) is 10.7 Å². The minimum atomic E-state index is -3.77. The summed E-state index contributed by atoms with van der Waals surface area (Å²) in [6.07, 6.45) is 0. The minimum absolute atomic E-state index is 0.145. The van der Waals surface area contributed by atoms with Crippen molar-refractivity contribution in [3.8, 4) is 0 Å². The summed E-state index contributed by atoms with van der Waals surface area (Å²) in [5.74, 6) is -1.11. The molecule has 0 atom stereocenters. The third-order valence-electron chi connectivity index (χ3n) is 5.02. The number of thiazole rings is 1. The van der Waals surface area contributed by atoms with E-state index in [-0.39, 0.29) is 11.4 Å². The molecular weight excluding hydrogens is 428 g/mol. The Hall–Kier alpha value is -3.03. The van der Waals surface area contributed by atoms with Crippen molar-refractivity contribution >= 4 is 42.4 Å². The number of para-hydroxylation sites is 1. The summed E-state index contributed by atoms with van der Waals surface area (Å²) in [7, 11) is -3.77. The molecule has 0 radical (unpaired) electrons. The van der Waals surface area contributed by atoms with E-state index in [1.54, 1.807) is 24.3 Å². The van der Waals surface area contributed by atoms with E-state index in [0.717, 1.165) is 26.9 Å². The van der Waals surface area contributed by atoms with Gasteiger partial charge in [0.25, 0.3) is 0 Å². The van der Waals surface area contributed by atoms with Crippen LogP contribution >= 0.6 is 11.3 Å². The minimum Gasteiger partial charge on any atom is -0.283 e. The Labute approximate surface area is 185 Å². The van der Waals surface area contributed by atoms with Crippen LogP contribution in [0.15, 0.2) is 77.7 Å². The number of amides is 1. The van der Waals surface area contributed by atoms with Crippen molar-refractivity contribution in [1.82, 2.24) is 4.98 Å². The lowest BCUT2D eigenvalue weighted by Crippen LogP contribution is -2.35. The number of hydrogen-bond donors (Lipinski definition) is 0. The smallest absolute Gasteiger partial charge is 0.244 e. The van der Waals surface area contributed by atoms with Gasteiger partial charge in [0.15, 0.2) is 15.0 Å². The molecule has 5 nitrogen and oxygen atoms in total. The molecule has 4 aromatic rings. The van der Waals surface area contributed by atoms with Gasteiger partial charge in [0.2, 0.25) is 5.91 Å². The normalized spacial score (nSPS) is 11.5. The molecule has 0 aliphatic heterocycles. The van der Waals surface area contributed by atoms with E-state index < -0.39 is 21.5 Å². The SMILES string of the molecule is Cc1ccc(S(=O)(=O)CC(=O)N(Cc2ccccc2)c2nc3c(C)cccc3s2)cc1. The molecule has 0 saturated heterocycles. The fourth-order valence-corrected chi connectivity index (χ4v) is 5.55. The Morgan fingerprint density at radius 3 is 2.32 bits per heavy atom. The summed E-state index contributed by atoms with van der Waals surface area (Å²) < 4.78 is 26.8. The third-order valence-corrected chi connectivity index (χ3v) is 7.68. The number of fused-ring (bicyclic) bond motifs is 1. The molecule has 3 aromatic carbocycles.